The molecule has 2 heterocycles. The van der Waals surface area contributed by atoms with Crippen molar-refractivity contribution in [1.29, 1.82) is 0 Å². The van der Waals surface area contributed by atoms with Gasteiger partial charge in [0.2, 0.25) is 0 Å². The Bertz CT molecular complexity index is 387. The van der Waals surface area contributed by atoms with Gasteiger partial charge >= 0.3 is 0 Å². The first-order chi connectivity index (χ1) is 8.09. The summed E-state index contributed by atoms with van der Waals surface area (Å²) in [5.74, 6) is 0.661. The summed E-state index contributed by atoms with van der Waals surface area (Å²) in [5.41, 5.74) is 6.99. The normalized spacial score (nSPS) is 29.2. The first-order valence-electron chi connectivity index (χ1n) is 6.24. The molecule has 94 valence electrons. The Hall–Kier alpha value is -1.13. The van der Waals surface area contributed by atoms with E-state index in [2.05, 4.69) is 17.2 Å². The second-order valence-electron chi connectivity index (χ2n) is 4.87. The number of anilines is 1. The number of rotatable bonds is 2. The van der Waals surface area contributed by atoms with Crippen LogP contribution in [0.25, 0.3) is 0 Å². The fraction of sp³-hybridized carbons (Fsp3) is 0.615. The van der Waals surface area contributed by atoms with Crippen molar-refractivity contribution < 1.29 is 5.11 Å². The summed E-state index contributed by atoms with van der Waals surface area (Å²) in [6.45, 7) is 5.74. The lowest BCUT2D eigenvalue weighted by molar-refractivity contribution is -0.0478. The lowest BCUT2D eigenvalue weighted by atomic mass is 9.74. The molecule has 4 heteroatoms. The fourth-order valence-electron chi connectivity index (χ4n) is 2.88. The maximum Gasteiger partial charge on any atom is 0.129 e. The van der Waals surface area contributed by atoms with Gasteiger partial charge in [-0.3, -0.25) is 0 Å². The predicted octanol–water partition coefficient (Wildman–Crippen LogP) is 1.18. The molecule has 0 saturated carbocycles. The number of nitrogens with zero attached hydrogens (tertiary/aromatic N) is 1. The van der Waals surface area contributed by atoms with Crippen molar-refractivity contribution in [3.05, 3.63) is 23.4 Å². The molecular weight excluding hydrogens is 214 g/mol. The summed E-state index contributed by atoms with van der Waals surface area (Å²) in [6, 6.07) is 1.92. The van der Waals surface area contributed by atoms with Crippen LogP contribution in [0.2, 0.25) is 0 Å². The number of aromatic nitrogens is 1. The highest BCUT2D eigenvalue weighted by Crippen LogP contribution is 2.40. The van der Waals surface area contributed by atoms with Gasteiger partial charge in [-0.2, -0.15) is 0 Å². The summed E-state index contributed by atoms with van der Waals surface area (Å²) < 4.78 is 0. The predicted molar refractivity (Wildman–Crippen MR) is 68.6 cm³/mol. The Morgan fingerprint density at radius 3 is 3.06 bits per heavy atom. The van der Waals surface area contributed by atoms with Crippen LogP contribution in [-0.4, -0.2) is 23.2 Å². The van der Waals surface area contributed by atoms with Gasteiger partial charge in [0.25, 0.3) is 0 Å². The van der Waals surface area contributed by atoms with Crippen LogP contribution in [0.15, 0.2) is 12.3 Å². The highest BCUT2D eigenvalue weighted by Gasteiger charge is 2.41. The molecule has 1 aliphatic rings. The lowest BCUT2D eigenvalue weighted by Crippen LogP contribution is -2.48. The molecule has 0 aromatic carbocycles. The van der Waals surface area contributed by atoms with E-state index in [1.54, 1.807) is 6.20 Å². The first kappa shape index (κ1) is 12.3. The average molecular weight is 235 g/mol. The van der Waals surface area contributed by atoms with E-state index in [9.17, 15) is 5.11 Å². The fourth-order valence-corrected chi connectivity index (χ4v) is 2.88. The van der Waals surface area contributed by atoms with E-state index in [1.165, 1.54) is 0 Å². The van der Waals surface area contributed by atoms with Gasteiger partial charge in [0.15, 0.2) is 0 Å². The number of hydrogen-bond acceptors (Lipinski definition) is 4. The number of nitrogens with two attached hydrogens (primary N) is 1. The van der Waals surface area contributed by atoms with Crippen molar-refractivity contribution in [3.8, 4) is 0 Å². The molecule has 0 amide bonds. The van der Waals surface area contributed by atoms with E-state index in [0.29, 0.717) is 12.2 Å². The minimum atomic E-state index is -0.831. The van der Waals surface area contributed by atoms with Crippen LogP contribution >= 0.6 is 0 Å². The number of piperidine rings is 1. The van der Waals surface area contributed by atoms with Crippen LogP contribution in [-0.2, 0) is 5.60 Å². The standard InChI is InChI=1S/C13H21N3O/c1-3-10-8-15-7-5-13(10,17)11-9(2)4-6-16-12(11)14/h4,6,10,15,17H,3,5,7-8H2,1-2H3,(H2,14,16). The molecule has 0 aliphatic carbocycles. The molecule has 1 aliphatic heterocycles. The van der Waals surface area contributed by atoms with E-state index < -0.39 is 5.60 Å². The summed E-state index contributed by atoms with van der Waals surface area (Å²) in [6.07, 6.45) is 3.32. The molecule has 1 saturated heterocycles. The molecule has 17 heavy (non-hydrogen) atoms. The SMILES string of the molecule is CCC1CNCCC1(O)c1c(C)ccnc1N. The molecule has 0 spiro atoms. The third-order valence-corrected chi connectivity index (χ3v) is 3.86. The maximum absolute atomic E-state index is 11.0. The summed E-state index contributed by atoms with van der Waals surface area (Å²) in [5, 5.41) is 14.3. The molecule has 4 nitrogen and oxygen atoms in total. The zero-order valence-electron chi connectivity index (χ0n) is 10.5. The number of hydrogen-bond donors (Lipinski definition) is 3. The molecular formula is C13H21N3O. The Morgan fingerprint density at radius 2 is 2.41 bits per heavy atom. The van der Waals surface area contributed by atoms with Crippen LogP contribution in [0.1, 0.15) is 30.9 Å². The van der Waals surface area contributed by atoms with Crippen LogP contribution in [0.4, 0.5) is 5.82 Å². The maximum atomic E-state index is 11.0. The van der Waals surface area contributed by atoms with E-state index >= 15 is 0 Å². The average Bonchev–Trinajstić information content (AvgIpc) is 2.29. The van der Waals surface area contributed by atoms with Crippen molar-refractivity contribution in [2.75, 3.05) is 18.8 Å². The Kier molecular flexibility index (Phi) is 3.35. The monoisotopic (exact) mass is 235 g/mol. The molecule has 4 N–H and O–H groups in total. The Morgan fingerprint density at radius 1 is 1.65 bits per heavy atom. The molecule has 2 unspecified atom stereocenters. The van der Waals surface area contributed by atoms with E-state index in [1.807, 2.05) is 13.0 Å². The Labute approximate surface area is 102 Å². The number of aryl methyl sites for hydroxylation is 1. The molecule has 1 aromatic rings. The highest BCUT2D eigenvalue weighted by atomic mass is 16.3. The van der Waals surface area contributed by atoms with Crippen molar-refractivity contribution in [1.82, 2.24) is 10.3 Å². The zero-order chi connectivity index (χ0) is 12.5. The van der Waals surface area contributed by atoms with Gasteiger partial charge in [-0.05, 0) is 37.9 Å². The Balaban J connectivity index is 2.48. The highest BCUT2D eigenvalue weighted by molar-refractivity contribution is 5.48. The van der Waals surface area contributed by atoms with Gasteiger partial charge in [0.05, 0.1) is 5.60 Å². The van der Waals surface area contributed by atoms with Gasteiger partial charge in [-0.1, -0.05) is 6.92 Å². The molecule has 1 fully saturated rings. The molecule has 1 aromatic heterocycles. The van der Waals surface area contributed by atoms with Crippen LogP contribution < -0.4 is 11.1 Å². The minimum Gasteiger partial charge on any atom is -0.385 e. The van der Waals surface area contributed by atoms with Crippen molar-refractivity contribution in [2.45, 2.75) is 32.3 Å². The zero-order valence-corrected chi connectivity index (χ0v) is 10.5. The number of pyridine rings is 1. The molecule has 0 bridgehead atoms. The molecule has 0 radical (unpaired) electrons. The topological polar surface area (TPSA) is 71.2 Å². The number of aliphatic hydroxyl groups is 1. The molecule has 2 rings (SSSR count). The quantitative estimate of drug-likeness (QED) is 0.720. The van der Waals surface area contributed by atoms with Gasteiger partial charge in [0, 0.05) is 24.2 Å². The van der Waals surface area contributed by atoms with Crippen LogP contribution in [0, 0.1) is 12.8 Å². The second-order valence-corrected chi connectivity index (χ2v) is 4.87. The summed E-state index contributed by atoms with van der Waals surface area (Å²) in [4.78, 5) is 4.13. The van der Waals surface area contributed by atoms with Crippen LogP contribution in [0.5, 0.6) is 0 Å². The van der Waals surface area contributed by atoms with E-state index in [-0.39, 0.29) is 5.92 Å². The number of nitrogen functional groups attached to an aromatic ring is 1. The first-order valence-corrected chi connectivity index (χ1v) is 6.24. The van der Waals surface area contributed by atoms with E-state index in [4.69, 9.17) is 5.73 Å². The van der Waals surface area contributed by atoms with Crippen molar-refractivity contribution >= 4 is 5.82 Å². The third-order valence-electron chi connectivity index (χ3n) is 3.86. The summed E-state index contributed by atoms with van der Waals surface area (Å²) in [7, 11) is 0. The summed E-state index contributed by atoms with van der Waals surface area (Å²) >= 11 is 0. The molecule has 2 atom stereocenters. The van der Waals surface area contributed by atoms with Gasteiger partial charge in [-0.15, -0.1) is 0 Å². The lowest BCUT2D eigenvalue weighted by Gasteiger charge is -2.41. The van der Waals surface area contributed by atoms with Crippen molar-refractivity contribution in [2.24, 2.45) is 5.92 Å². The van der Waals surface area contributed by atoms with Gasteiger partial charge < -0.3 is 16.2 Å². The van der Waals surface area contributed by atoms with Crippen molar-refractivity contribution in [3.63, 3.8) is 0 Å². The third kappa shape index (κ3) is 2.03. The van der Waals surface area contributed by atoms with Crippen LogP contribution in [0.3, 0.4) is 0 Å². The van der Waals surface area contributed by atoms with Gasteiger partial charge in [-0.25, -0.2) is 4.98 Å². The minimum absolute atomic E-state index is 0.196. The number of nitrogens with one attached hydrogen (secondary N) is 1. The largest absolute Gasteiger partial charge is 0.385 e. The second kappa shape index (κ2) is 4.63. The van der Waals surface area contributed by atoms with E-state index in [0.717, 1.165) is 30.6 Å². The van der Waals surface area contributed by atoms with Gasteiger partial charge in [0.1, 0.15) is 5.82 Å². The smallest absolute Gasteiger partial charge is 0.129 e.